The first-order valence-electron chi connectivity index (χ1n) is 8.88. The second kappa shape index (κ2) is 5.98. The van der Waals surface area contributed by atoms with E-state index in [-0.39, 0.29) is 28.1 Å². The molecular formula is C20H23BrO3. The zero-order valence-corrected chi connectivity index (χ0v) is 15.4. The number of carbonyl (C=O) groups excluding carboxylic acids is 2. The Hall–Kier alpha value is -1.16. The average molecular weight is 391 g/mol. The third-order valence-electron chi connectivity index (χ3n) is 6.09. The van der Waals surface area contributed by atoms with Crippen LogP contribution in [0.15, 0.2) is 30.3 Å². The van der Waals surface area contributed by atoms with Gasteiger partial charge in [-0.15, -0.1) is 0 Å². The predicted molar refractivity (Wildman–Crippen MR) is 95.1 cm³/mol. The maximum absolute atomic E-state index is 12.4. The third-order valence-corrected chi connectivity index (χ3v) is 7.02. The lowest BCUT2D eigenvalue weighted by Gasteiger charge is -2.60. The van der Waals surface area contributed by atoms with Crippen molar-refractivity contribution in [1.29, 1.82) is 0 Å². The van der Waals surface area contributed by atoms with Crippen LogP contribution >= 0.6 is 15.9 Å². The van der Waals surface area contributed by atoms with Crippen molar-refractivity contribution in [2.24, 2.45) is 17.3 Å². The number of halogens is 1. The Morgan fingerprint density at radius 3 is 2.38 bits per heavy atom. The molecule has 3 nitrogen and oxygen atoms in total. The molecule has 24 heavy (non-hydrogen) atoms. The van der Waals surface area contributed by atoms with E-state index < -0.39 is 0 Å². The van der Waals surface area contributed by atoms with Gasteiger partial charge in [0, 0.05) is 9.89 Å². The first-order valence-corrected chi connectivity index (χ1v) is 9.68. The summed E-state index contributed by atoms with van der Waals surface area (Å²) in [6.45, 7) is -0.148. The van der Waals surface area contributed by atoms with Gasteiger partial charge in [-0.25, -0.2) is 0 Å². The van der Waals surface area contributed by atoms with Gasteiger partial charge in [-0.05, 0) is 55.8 Å². The van der Waals surface area contributed by atoms with E-state index >= 15 is 0 Å². The molecule has 0 amide bonds. The van der Waals surface area contributed by atoms with E-state index in [0.717, 1.165) is 31.1 Å². The number of hydrogen-bond donors (Lipinski definition) is 0. The molecule has 0 aliphatic heterocycles. The minimum absolute atomic E-state index is 0.0977. The van der Waals surface area contributed by atoms with Gasteiger partial charge in [0.15, 0.2) is 12.4 Å². The molecule has 128 valence electrons. The maximum atomic E-state index is 12.4. The van der Waals surface area contributed by atoms with Gasteiger partial charge in [-0.1, -0.05) is 46.3 Å². The van der Waals surface area contributed by atoms with Crippen molar-refractivity contribution in [3.05, 3.63) is 35.9 Å². The summed E-state index contributed by atoms with van der Waals surface area (Å²) in [4.78, 5) is 24.5. The second-order valence-corrected chi connectivity index (χ2v) is 9.92. The molecule has 1 aromatic rings. The maximum Gasteiger partial charge on any atom is 0.306 e. The Bertz CT molecular complexity index is 640. The Morgan fingerprint density at radius 1 is 1.08 bits per heavy atom. The van der Waals surface area contributed by atoms with E-state index in [2.05, 4.69) is 15.9 Å². The molecule has 4 atom stereocenters. The van der Waals surface area contributed by atoms with E-state index in [0.29, 0.717) is 12.0 Å². The summed E-state index contributed by atoms with van der Waals surface area (Å²) in [6.07, 6.45) is 7.69. The van der Waals surface area contributed by atoms with Gasteiger partial charge >= 0.3 is 5.97 Å². The van der Waals surface area contributed by atoms with Gasteiger partial charge in [-0.2, -0.15) is 0 Å². The summed E-state index contributed by atoms with van der Waals surface area (Å²) in [5.41, 5.74) is 0.694. The molecule has 1 aromatic carbocycles. The van der Waals surface area contributed by atoms with E-state index in [1.165, 1.54) is 19.3 Å². The molecule has 0 heterocycles. The van der Waals surface area contributed by atoms with E-state index in [9.17, 15) is 9.59 Å². The number of ether oxygens (including phenoxy) is 1. The van der Waals surface area contributed by atoms with Crippen LogP contribution in [0.25, 0.3) is 0 Å². The molecule has 4 aliphatic rings. The number of esters is 1. The summed E-state index contributed by atoms with van der Waals surface area (Å²) in [6, 6.07) is 9.01. The lowest BCUT2D eigenvalue weighted by Crippen LogP contribution is -2.53. The fourth-order valence-electron chi connectivity index (χ4n) is 5.75. The lowest BCUT2D eigenvalue weighted by atomic mass is 9.49. The Labute approximate surface area is 151 Å². The van der Waals surface area contributed by atoms with Crippen molar-refractivity contribution in [1.82, 2.24) is 0 Å². The SMILES string of the molecule is O=C(CC12C[C@@H]3C[C@@H](CC(Br)(C3)C1)C2)OCC(=O)c1ccccc1. The molecule has 4 saturated carbocycles. The van der Waals surface area contributed by atoms with Gasteiger partial charge in [0.05, 0.1) is 6.42 Å². The predicted octanol–water partition coefficient (Wildman–Crippen LogP) is 4.54. The summed E-state index contributed by atoms with van der Waals surface area (Å²) >= 11 is 3.97. The highest BCUT2D eigenvalue weighted by molar-refractivity contribution is 9.10. The molecule has 0 spiro atoms. The zero-order valence-electron chi connectivity index (χ0n) is 13.8. The quantitative estimate of drug-likeness (QED) is 0.421. The van der Waals surface area contributed by atoms with Crippen LogP contribution in [-0.4, -0.2) is 22.7 Å². The van der Waals surface area contributed by atoms with E-state index in [1.807, 2.05) is 18.2 Å². The molecule has 4 heteroatoms. The number of alkyl halides is 1. The first kappa shape index (κ1) is 16.3. The highest BCUT2D eigenvalue weighted by atomic mass is 79.9. The fourth-order valence-corrected chi connectivity index (χ4v) is 7.26. The van der Waals surface area contributed by atoms with Crippen LogP contribution in [0.5, 0.6) is 0 Å². The molecular weight excluding hydrogens is 368 g/mol. The lowest BCUT2D eigenvalue weighted by molar-refractivity contribution is -0.149. The second-order valence-electron chi connectivity index (χ2n) is 8.24. The highest BCUT2D eigenvalue weighted by Gasteiger charge is 2.57. The Morgan fingerprint density at radius 2 is 1.75 bits per heavy atom. The topological polar surface area (TPSA) is 43.4 Å². The van der Waals surface area contributed by atoms with Crippen LogP contribution in [0.2, 0.25) is 0 Å². The van der Waals surface area contributed by atoms with Crippen molar-refractivity contribution >= 4 is 27.7 Å². The number of hydrogen-bond acceptors (Lipinski definition) is 3. The van der Waals surface area contributed by atoms with Crippen LogP contribution in [0.4, 0.5) is 0 Å². The average Bonchev–Trinajstić information content (AvgIpc) is 2.50. The molecule has 0 radical (unpaired) electrons. The Balaban J connectivity index is 1.36. The first-order chi connectivity index (χ1) is 11.5. The van der Waals surface area contributed by atoms with Crippen LogP contribution in [0.3, 0.4) is 0 Å². The van der Waals surface area contributed by atoms with Crippen LogP contribution < -0.4 is 0 Å². The van der Waals surface area contributed by atoms with Crippen LogP contribution in [0, 0.1) is 17.3 Å². The van der Waals surface area contributed by atoms with Crippen molar-refractivity contribution in [2.45, 2.75) is 49.3 Å². The summed E-state index contributed by atoms with van der Waals surface area (Å²) in [7, 11) is 0. The van der Waals surface area contributed by atoms with Gasteiger partial charge in [-0.3, -0.25) is 9.59 Å². The Kier molecular flexibility index (Phi) is 4.06. The molecule has 4 bridgehead atoms. The smallest absolute Gasteiger partial charge is 0.306 e. The van der Waals surface area contributed by atoms with Gasteiger partial charge in [0.25, 0.3) is 0 Å². The van der Waals surface area contributed by atoms with Crippen molar-refractivity contribution < 1.29 is 14.3 Å². The minimum atomic E-state index is -0.211. The minimum Gasteiger partial charge on any atom is -0.457 e. The van der Waals surface area contributed by atoms with Crippen LogP contribution in [0.1, 0.15) is 55.3 Å². The molecule has 2 unspecified atom stereocenters. The van der Waals surface area contributed by atoms with Crippen molar-refractivity contribution in [3.63, 3.8) is 0 Å². The van der Waals surface area contributed by atoms with Crippen molar-refractivity contribution in [3.8, 4) is 0 Å². The summed E-state index contributed by atoms with van der Waals surface area (Å²) in [5.74, 6) is 1.16. The molecule has 4 fully saturated rings. The molecule has 0 aromatic heterocycles. The molecule has 5 rings (SSSR count). The van der Waals surface area contributed by atoms with Gasteiger partial charge in [0.1, 0.15) is 0 Å². The number of ketones is 1. The monoisotopic (exact) mass is 390 g/mol. The number of carbonyl (C=O) groups is 2. The summed E-state index contributed by atoms with van der Waals surface area (Å²) < 4.78 is 5.57. The molecule has 4 aliphatic carbocycles. The summed E-state index contributed by atoms with van der Waals surface area (Å²) in [5, 5.41) is 0. The normalized spacial score (nSPS) is 36.5. The molecule has 0 N–H and O–H groups in total. The fraction of sp³-hybridized carbons (Fsp3) is 0.600. The number of benzene rings is 1. The standard InChI is InChI=1S/C20H23BrO3/c21-20-9-14-6-15(10-20)8-19(7-14,13-20)11-18(23)24-12-17(22)16-4-2-1-3-5-16/h1-5,14-15H,6-13H2/t14-,15+,19?,20?. The highest BCUT2D eigenvalue weighted by Crippen LogP contribution is 2.65. The zero-order chi connectivity index (χ0) is 16.8. The molecule has 0 saturated heterocycles. The third kappa shape index (κ3) is 3.17. The van der Waals surface area contributed by atoms with Crippen molar-refractivity contribution in [2.75, 3.05) is 6.61 Å². The van der Waals surface area contributed by atoms with E-state index in [4.69, 9.17) is 4.74 Å². The van der Waals surface area contributed by atoms with Gasteiger partial charge in [0.2, 0.25) is 0 Å². The van der Waals surface area contributed by atoms with Gasteiger partial charge < -0.3 is 4.74 Å². The van der Waals surface area contributed by atoms with Crippen LogP contribution in [-0.2, 0) is 9.53 Å². The number of Topliss-reactive ketones (excluding diaryl/α,β-unsaturated/α-hetero) is 1. The largest absolute Gasteiger partial charge is 0.457 e. The van der Waals surface area contributed by atoms with E-state index in [1.54, 1.807) is 12.1 Å². The number of rotatable bonds is 5.